The average Bonchev–Trinajstić information content (AvgIpc) is 3.78. The van der Waals surface area contributed by atoms with Gasteiger partial charge in [0, 0.05) is 71.4 Å². The van der Waals surface area contributed by atoms with Gasteiger partial charge in [-0.15, -0.1) is 5.10 Å². The first-order valence-corrected chi connectivity index (χ1v) is 17.1. The molecule has 2 aromatic heterocycles. The monoisotopic (exact) mass is 752 g/mol. The number of nitrogens with zero attached hydrogens (tertiary/aromatic N) is 10. The van der Waals surface area contributed by atoms with Crippen LogP contribution in [0.25, 0.3) is 10.4 Å². The number of rotatable bonds is 23. The molecule has 2 aliphatic heterocycles. The van der Waals surface area contributed by atoms with Crippen LogP contribution in [0.15, 0.2) is 80.5 Å². The molecule has 0 spiro atoms. The largest absolute Gasteiger partial charge is 0.388 e. The predicted molar refractivity (Wildman–Crippen MR) is 187 cm³/mol. The van der Waals surface area contributed by atoms with Gasteiger partial charge in [0.2, 0.25) is 5.91 Å². The fourth-order valence-electron chi connectivity index (χ4n) is 5.30. The van der Waals surface area contributed by atoms with E-state index >= 15 is 0 Å². The summed E-state index contributed by atoms with van der Waals surface area (Å²) in [4.78, 5) is 36.6. The van der Waals surface area contributed by atoms with E-state index in [1.165, 1.54) is 12.1 Å². The van der Waals surface area contributed by atoms with Crippen LogP contribution in [0.1, 0.15) is 42.1 Å². The van der Waals surface area contributed by atoms with Gasteiger partial charge < -0.3 is 30.0 Å². The smallest absolute Gasteiger partial charge is 0.222 e. The van der Waals surface area contributed by atoms with Crippen molar-refractivity contribution in [1.29, 1.82) is 0 Å². The molecule has 3 aromatic rings. The number of hydrogen-bond acceptors (Lipinski definition) is 14. The van der Waals surface area contributed by atoms with Gasteiger partial charge >= 0.3 is 0 Å². The van der Waals surface area contributed by atoms with Crippen LogP contribution in [0.2, 0.25) is 5.02 Å². The third-order valence-electron chi connectivity index (χ3n) is 8.08. The number of aliphatic imine (C=N–C) groups is 1. The van der Waals surface area contributed by atoms with Crippen molar-refractivity contribution in [3.05, 3.63) is 98.3 Å². The summed E-state index contributed by atoms with van der Waals surface area (Å²) in [5, 5.41) is 35.6. The predicted octanol–water partition coefficient (Wildman–Crippen LogP) is 3.38. The number of ether oxygens (including phenoxy) is 3. The van der Waals surface area contributed by atoms with Crippen molar-refractivity contribution in [3.63, 3.8) is 0 Å². The van der Waals surface area contributed by atoms with E-state index in [9.17, 15) is 19.1 Å². The summed E-state index contributed by atoms with van der Waals surface area (Å²) in [7, 11) is 0. The Balaban J connectivity index is 1.03. The number of hydrogen-bond donors (Lipinski definition) is 3. The number of aliphatic hydroxyl groups is 1. The molecule has 0 bridgehead atoms. The van der Waals surface area contributed by atoms with Crippen LogP contribution in [-0.4, -0.2) is 101 Å². The molecular weight excluding hydrogens is 715 g/mol. The molecule has 0 fully saturated rings. The lowest BCUT2D eigenvalue weighted by Gasteiger charge is -2.28. The lowest BCUT2D eigenvalue weighted by Crippen LogP contribution is -2.36. The Morgan fingerprint density at radius 1 is 1.09 bits per heavy atom. The van der Waals surface area contributed by atoms with Crippen LogP contribution in [-0.2, 0) is 37.0 Å². The van der Waals surface area contributed by atoms with E-state index < -0.39 is 29.9 Å². The lowest BCUT2D eigenvalue weighted by molar-refractivity contribution is -0.122. The molecule has 18 nitrogen and oxygen atoms in total. The highest BCUT2D eigenvalue weighted by Crippen LogP contribution is 2.37. The second kappa shape index (κ2) is 19.6. The third kappa shape index (κ3) is 11.7. The highest BCUT2D eigenvalue weighted by atomic mass is 35.5. The van der Waals surface area contributed by atoms with Gasteiger partial charge in [-0.2, -0.15) is 10.2 Å². The van der Waals surface area contributed by atoms with E-state index in [-0.39, 0.29) is 42.7 Å². The van der Waals surface area contributed by atoms with Gasteiger partial charge in [-0.05, 0) is 29.8 Å². The number of amides is 1. The maximum absolute atomic E-state index is 13.9. The van der Waals surface area contributed by atoms with E-state index in [0.29, 0.717) is 80.7 Å². The van der Waals surface area contributed by atoms with Crippen molar-refractivity contribution in [3.8, 4) is 0 Å². The topological polar surface area (TPSA) is 236 Å². The highest BCUT2D eigenvalue weighted by molar-refractivity contribution is 6.31. The first-order valence-electron chi connectivity index (χ1n) is 16.7. The minimum atomic E-state index is -0.941. The van der Waals surface area contributed by atoms with Crippen molar-refractivity contribution in [1.82, 2.24) is 30.6 Å². The summed E-state index contributed by atoms with van der Waals surface area (Å²) >= 11 is 6.40. The number of carbonyl (C=O) groups is 2. The van der Waals surface area contributed by atoms with Crippen LogP contribution < -0.4 is 10.6 Å². The van der Waals surface area contributed by atoms with E-state index in [4.69, 9.17) is 36.3 Å². The van der Waals surface area contributed by atoms with E-state index in [1.807, 2.05) is 0 Å². The normalized spacial score (nSPS) is 15.8. The summed E-state index contributed by atoms with van der Waals surface area (Å²) in [6, 6.07) is 6.37. The Hall–Kier alpha value is -5.17. The number of Topliss-reactive ketones (excluding diaryl/α,β-unsaturated/α-hetero) is 1. The Morgan fingerprint density at radius 3 is 2.62 bits per heavy atom. The molecule has 1 atom stereocenters. The van der Waals surface area contributed by atoms with Crippen molar-refractivity contribution >= 4 is 29.1 Å². The second-order valence-electron chi connectivity index (χ2n) is 11.8. The number of carbonyl (C=O) groups excluding carboxylic acids is 2. The van der Waals surface area contributed by atoms with Gasteiger partial charge in [-0.1, -0.05) is 28.0 Å². The number of halogens is 2. The summed E-state index contributed by atoms with van der Waals surface area (Å²) in [6.07, 6.45) is 6.19. The van der Waals surface area contributed by atoms with E-state index in [1.54, 1.807) is 35.4 Å². The van der Waals surface area contributed by atoms with Crippen LogP contribution in [0.3, 0.4) is 0 Å². The zero-order valence-electron chi connectivity index (χ0n) is 28.6. The Bertz CT molecular complexity index is 1860. The minimum absolute atomic E-state index is 0.0563. The second-order valence-corrected chi connectivity index (χ2v) is 12.2. The molecule has 280 valence electrons. The summed E-state index contributed by atoms with van der Waals surface area (Å²) < 4.78 is 32.5. The fraction of sp³-hybridized carbons (Fsp3) is 0.455. The van der Waals surface area contributed by atoms with Gasteiger partial charge in [0.15, 0.2) is 11.4 Å². The van der Waals surface area contributed by atoms with Gasteiger partial charge in [0.25, 0.3) is 0 Å². The maximum atomic E-state index is 13.9. The Morgan fingerprint density at radius 2 is 1.89 bits per heavy atom. The standard InChI is InChI=1S/C33H38ClFN12O6/c34-26-17-23(35)1-2-25(26)31-30(28(49)19-48)27(40-32(41-31)22-3-8-37-9-4-22)21-53-20-24-18-47(46-42-24)12-14-52-16-15-51-13-5-29(50)38-10-6-33(43-44-33)7-11-39-45-36/h1-4,8-9,17-18,31,48H,5-7,10-16,19-21H2,(H,38,50)(H,40,41). The number of aliphatic hydroxyl groups excluding tert-OH is 1. The van der Waals surface area contributed by atoms with Crippen molar-refractivity contribution < 1.29 is 33.3 Å². The number of aromatic nitrogens is 4. The zero-order valence-corrected chi connectivity index (χ0v) is 29.4. The number of azide groups is 1. The molecule has 0 saturated heterocycles. The summed E-state index contributed by atoms with van der Waals surface area (Å²) in [6.45, 7) is 1.58. The average molecular weight is 753 g/mol. The number of nitrogens with one attached hydrogen (secondary N) is 2. The van der Waals surface area contributed by atoms with E-state index in [2.05, 4.69) is 46.2 Å². The molecule has 5 rings (SSSR count). The Labute approximate surface area is 308 Å². The number of benzene rings is 1. The molecule has 1 unspecified atom stereocenters. The Kier molecular flexibility index (Phi) is 14.4. The molecule has 2 aliphatic rings. The van der Waals surface area contributed by atoms with Gasteiger partial charge in [-0.25, -0.2) is 9.07 Å². The molecular formula is C33H38ClFN12O6. The van der Waals surface area contributed by atoms with E-state index in [0.717, 1.165) is 6.07 Å². The number of pyridine rings is 1. The minimum Gasteiger partial charge on any atom is -0.388 e. The first kappa shape index (κ1) is 39.0. The molecule has 20 heteroatoms. The molecule has 53 heavy (non-hydrogen) atoms. The highest BCUT2D eigenvalue weighted by Gasteiger charge is 2.38. The van der Waals surface area contributed by atoms with Crippen LogP contribution in [0, 0.1) is 5.82 Å². The van der Waals surface area contributed by atoms with Gasteiger partial charge in [-0.3, -0.25) is 19.6 Å². The van der Waals surface area contributed by atoms with Gasteiger partial charge in [0.1, 0.15) is 30.0 Å². The van der Waals surface area contributed by atoms with Crippen molar-refractivity contribution in [2.45, 2.75) is 44.1 Å². The zero-order chi connectivity index (χ0) is 37.5. The SMILES string of the molecule is [N-]=[N+]=NCCC1(CCNC(=O)CCOCCOCCn2cc(COCC3=C(C(=O)CO)C(c4ccc(F)cc4Cl)N=C(c4ccncc4)N3)nn2)N=N1. The molecule has 0 radical (unpaired) electrons. The van der Waals surface area contributed by atoms with Gasteiger partial charge in [0.05, 0.1) is 58.1 Å². The van der Waals surface area contributed by atoms with Crippen LogP contribution in [0.5, 0.6) is 0 Å². The summed E-state index contributed by atoms with van der Waals surface area (Å²) in [5.74, 6) is -0.863. The maximum Gasteiger partial charge on any atom is 0.222 e. The van der Waals surface area contributed by atoms with Crippen LogP contribution >= 0.6 is 11.6 Å². The molecule has 3 N–H and O–H groups in total. The molecule has 0 saturated carbocycles. The molecule has 1 amide bonds. The number of amidine groups is 1. The summed E-state index contributed by atoms with van der Waals surface area (Å²) in [5.41, 5.74) is 9.93. The van der Waals surface area contributed by atoms with Crippen molar-refractivity contribution in [2.24, 2.45) is 20.3 Å². The molecule has 4 heterocycles. The first-order chi connectivity index (χ1) is 25.8. The molecule has 0 aliphatic carbocycles. The van der Waals surface area contributed by atoms with Crippen LogP contribution in [0.4, 0.5) is 4.39 Å². The number of ketones is 1. The fourth-order valence-corrected chi connectivity index (χ4v) is 5.57. The third-order valence-corrected chi connectivity index (χ3v) is 8.41. The van der Waals surface area contributed by atoms with Crippen molar-refractivity contribution in [2.75, 3.05) is 52.7 Å². The lowest BCUT2D eigenvalue weighted by atomic mass is 9.92. The molecule has 1 aromatic carbocycles. The quantitative estimate of drug-likeness (QED) is 0.0553.